The standard InChI is InChI=1S/C13H15N5O2/c19-11-7-16-10(6-17-11)13(20)18-5-1-2-9(8-18)12-14-3-4-15-12/h3-4,6-7,9H,1-2,5,8H2,(H,14,15)(H,17,19). The van der Waals surface area contributed by atoms with Gasteiger partial charge in [0, 0.05) is 37.6 Å². The Morgan fingerprint density at radius 2 is 2.25 bits per heavy atom. The molecule has 3 heterocycles. The molecule has 7 nitrogen and oxygen atoms in total. The summed E-state index contributed by atoms with van der Waals surface area (Å²) in [5, 5.41) is 0. The molecule has 0 radical (unpaired) electrons. The quantitative estimate of drug-likeness (QED) is 0.833. The zero-order valence-corrected chi connectivity index (χ0v) is 10.9. The first-order chi connectivity index (χ1) is 9.74. The maximum absolute atomic E-state index is 12.3. The average Bonchev–Trinajstić information content (AvgIpc) is 3.02. The Bertz CT molecular complexity index is 629. The molecule has 1 fully saturated rings. The second kappa shape index (κ2) is 5.28. The van der Waals surface area contributed by atoms with Crippen LogP contribution < -0.4 is 5.56 Å². The van der Waals surface area contributed by atoms with Crippen LogP contribution in [-0.4, -0.2) is 43.8 Å². The fraction of sp³-hybridized carbons (Fsp3) is 0.385. The summed E-state index contributed by atoms with van der Waals surface area (Å²) in [4.78, 5) is 38.8. The second-order valence-corrected chi connectivity index (χ2v) is 4.86. The fourth-order valence-corrected chi connectivity index (χ4v) is 2.51. The molecule has 2 aromatic heterocycles. The first kappa shape index (κ1) is 12.6. The molecule has 7 heteroatoms. The summed E-state index contributed by atoms with van der Waals surface area (Å²) in [7, 11) is 0. The number of rotatable bonds is 2. The normalized spacial score (nSPS) is 19.0. The van der Waals surface area contributed by atoms with Crippen LogP contribution in [-0.2, 0) is 0 Å². The fourth-order valence-electron chi connectivity index (χ4n) is 2.51. The van der Waals surface area contributed by atoms with Gasteiger partial charge < -0.3 is 14.9 Å². The number of piperidine rings is 1. The van der Waals surface area contributed by atoms with Gasteiger partial charge in [-0.1, -0.05) is 0 Å². The third-order valence-corrected chi connectivity index (χ3v) is 3.51. The molecule has 2 aromatic rings. The van der Waals surface area contributed by atoms with Gasteiger partial charge in [-0.05, 0) is 12.8 Å². The number of aromatic amines is 2. The van der Waals surface area contributed by atoms with Gasteiger partial charge in [0.15, 0.2) is 0 Å². The number of carbonyl (C=O) groups is 1. The lowest BCUT2D eigenvalue weighted by Crippen LogP contribution is -2.40. The first-order valence-corrected chi connectivity index (χ1v) is 6.57. The molecule has 1 aliphatic rings. The zero-order valence-electron chi connectivity index (χ0n) is 10.9. The Morgan fingerprint density at radius 3 is 2.95 bits per heavy atom. The number of carbonyl (C=O) groups excluding carboxylic acids is 1. The Hall–Kier alpha value is -2.44. The van der Waals surface area contributed by atoms with Gasteiger partial charge in [-0.3, -0.25) is 9.59 Å². The average molecular weight is 273 g/mol. The lowest BCUT2D eigenvalue weighted by Gasteiger charge is -2.31. The van der Waals surface area contributed by atoms with Crippen LogP contribution in [0.1, 0.15) is 35.1 Å². The SMILES string of the molecule is O=C(c1c[nH]c(=O)cn1)N1CCCC(c2ncc[nH]2)C1. The smallest absolute Gasteiger partial charge is 0.273 e. The van der Waals surface area contributed by atoms with Crippen LogP contribution in [0.5, 0.6) is 0 Å². The van der Waals surface area contributed by atoms with Crippen LogP contribution in [0.25, 0.3) is 0 Å². The first-order valence-electron chi connectivity index (χ1n) is 6.57. The van der Waals surface area contributed by atoms with E-state index in [1.165, 1.54) is 6.20 Å². The number of imidazole rings is 1. The molecule has 3 rings (SSSR count). The molecule has 1 amide bonds. The monoisotopic (exact) mass is 273 g/mol. The summed E-state index contributed by atoms with van der Waals surface area (Å²) < 4.78 is 0. The maximum atomic E-state index is 12.3. The lowest BCUT2D eigenvalue weighted by molar-refractivity contribution is 0.0698. The number of likely N-dealkylation sites (tertiary alicyclic amines) is 1. The molecule has 0 saturated carbocycles. The van der Waals surface area contributed by atoms with E-state index in [2.05, 4.69) is 19.9 Å². The van der Waals surface area contributed by atoms with Gasteiger partial charge >= 0.3 is 0 Å². The highest BCUT2D eigenvalue weighted by atomic mass is 16.2. The third-order valence-electron chi connectivity index (χ3n) is 3.51. The van der Waals surface area contributed by atoms with Crippen LogP contribution >= 0.6 is 0 Å². The van der Waals surface area contributed by atoms with Crippen molar-refractivity contribution in [3.63, 3.8) is 0 Å². The van der Waals surface area contributed by atoms with E-state index in [1.807, 2.05) is 0 Å². The largest absolute Gasteiger partial charge is 0.348 e. The summed E-state index contributed by atoms with van der Waals surface area (Å²) in [6.07, 6.45) is 7.94. The van der Waals surface area contributed by atoms with Crippen molar-refractivity contribution in [3.05, 3.63) is 46.7 Å². The number of hydrogen-bond acceptors (Lipinski definition) is 4. The Kier molecular flexibility index (Phi) is 3.32. The van der Waals surface area contributed by atoms with Crippen LogP contribution in [0.3, 0.4) is 0 Å². The Balaban J connectivity index is 1.75. The third kappa shape index (κ3) is 2.47. The van der Waals surface area contributed by atoms with E-state index in [0.29, 0.717) is 13.1 Å². The van der Waals surface area contributed by atoms with Crippen LogP contribution in [0, 0.1) is 0 Å². The predicted octanol–water partition coefficient (Wildman–Crippen LogP) is 0.513. The summed E-state index contributed by atoms with van der Waals surface area (Å²) in [6.45, 7) is 1.32. The minimum absolute atomic E-state index is 0.155. The molecule has 0 bridgehead atoms. The van der Waals surface area contributed by atoms with E-state index in [1.54, 1.807) is 17.3 Å². The molecule has 0 spiro atoms. The summed E-state index contributed by atoms with van der Waals surface area (Å²) in [6, 6.07) is 0. The van der Waals surface area contributed by atoms with Crippen molar-refractivity contribution < 1.29 is 4.79 Å². The number of hydrogen-bond donors (Lipinski definition) is 2. The van der Waals surface area contributed by atoms with E-state index in [0.717, 1.165) is 24.9 Å². The van der Waals surface area contributed by atoms with E-state index in [-0.39, 0.29) is 23.1 Å². The number of nitrogens with zero attached hydrogens (tertiary/aromatic N) is 3. The van der Waals surface area contributed by atoms with Gasteiger partial charge in [0.1, 0.15) is 11.5 Å². The molecule has 2 N–H and O–H groups in total. The summed E-state index contributed by atoms with van der Waals surface area (Å²) in [5.74, 6) is 0.986. The van der Waals surface area contributed by atoms with Crippen molar-refractivity contribution in [3.8, 4) is 0 Å². The van der Waals surface area contributed by atoms with Gasteiger partial charge in [0.05, 0.1) is 6.20 Å². The van der Waals surface area contributed by atoms with Crippen LogP contribution in [0.2, 0.25) is 0 Å². The maximum Gasteiger partial charge on any atom is 0.273 e. The van der Waals surface area contributed by atoms with Gasteiger partial charge in [0.25, 0.3) is 11.5 Å². The molecule has 1 aliphatic heterocycles. The van der Waals surface area contributed by atoms with E-state index >= 15 is 0 Å². The molecule has 20 heavy (non-hydrogen) atoms. The van der Waals surface area contributed by atoms with E-state index in [4.69, 9.17) is 0 Å². The molecule has 1 atom stereocenters. The van der Waals surface area contributed by atoms with E-state index < -0.39 is 0 Å². The van der Waals surface area contributed by atoms with Crippen molar-refractivity contribution in [1.82, 2.24) is 24.8 Å². The summed E-state index contributed by atoms with van der Waals surface area (Å²) in [5.41, 5.74) is -0.0432. The number of nitrogens with one attached hydrogen (secondary N) is 2. The molecule has 0 aromatic carbocycles. The number of amides is 1. The van der Waals surface area contributed by atoms with Crippen molar-refractivity contribution in [2.24, 2.45) is 0 Å². The highest BCUT2D eigenvalue weighted by Crippen LogP contribution is 2.24. The topological polar surface area (TPSA) is 94.7 Å². The Morgan fingerprint density at radius 1 is 1.35 bits per heavy atom. The second-order valence-electron chi connectivity index (χ2n) is 4.86. The predicted molar refractivity (Wildman–Crippen MR) is 71.3 cm³/mol. The molecule has 1 saturated heterocycles. The van der Waals surface area contributed by atoms with E-state index in [9.17, 15) is 9.59 Å². The highest BCUT2D eigenvalue weighted by molar-refractivity contribution is 5.92. The van der Waals surface area contributed by atoms with Gasteiger partial charge in [-0.15, -0.1) is 0 Å². The van der Waals surface area contributed by atoms with Gasteiger partial charge in [0.2, 0.25) is 0 Å². The Labute approximate surface area is 115 Å². The minimum atomic E-state index is -0.311. The zero-order chi connectivity index (χ0) is 13.9. The van der Waals surface area contributed by atoms with Crippen molar-refractivity contribution in [2.75, 3.05) is 13.1 Å². The van der Waals surface area contributed by atoms with Crippen LogP contribution in [0.4, 0.5) is 0 Å². The van der Waals surface area contributed by atoms with Gasteiger partial charge in [-0.25, -0.2) is 9.97 Å². The van der Waals surface area contributed by atoms with Crippen molar-refractivity contribution in [1.29, 1.82) is 0 Å². The molecule has 0 aliphatic carbocycles. The molecular formula is C13H15N5O2. The molecule has 104 valence electrons. The van der Waals surface area contributed by atoms with Crippen molar-refractivity contribution >= 4 is 5.91 Å². The van der Waals surface area contributed by atoms with Crippen LogP contribution in [0.15, 0.2) is 29.6 Å². The number of H-pyrrole nitrogens is 2. The lowest BCUT2D eigenvalue weighted by atomic mass is 9.97. The van der Waals surface area contributed by atoms with Crippen molar-refractivity contribution in [2.45, 2.75) is 18.8 Å². The number of aromatic nitrogens is 4. The van der Waals surface area contributed by atoms with Gasteiger partial charge in [-0.2, -0.15) is 0 Å². The highest BCUT2D eigenvalue weighted by Gasteiger charge is 2.27. The summed E-state index contributed by atoms with van der Waals surface area (Å²) >= 11 is 0. The minimum Gasteiger partial charge on any atom is -0.348 e. The molecule has 1 unspecified atom stereocenters. The molecular weight excluding hydrogens is 258 g/mol.